The Morgan fingerprint density at radius 3 is 2.25 bits per heavy atom. The van der Waals surface area contributed by atoms with Crippen molar-refractivity contribution in [3.63, 3.8) is 0 Å². The molecule has 0 aliphatic heterocycles. The van der Waals surface area contributed by atoms with E-state index in [-0.39, 0.29) is 0 Å². The number of rotatable bonds is 2. The first-order chi connectivity index (χ1) is 7.55. The van der Waals surface area contributed by atoms with Crippen molar-refractivity contribution in [3.8, 4) is 0 Å². The fourth-order valence-corrected chi connectivity index (χ4v) is 2.36. The zero-order valence-electron chi connectivity index (χ0n) is 10.3. The Kier molecular flexibility index (Phi) is 3.08. The summed E-state index contributed by atoms with van der Waals surface area (Å²) in [6.07, 6.45) is 5.19. The maximum absolute atomic E-state index is 5.67. The van der Waals surface area contributed by atoms with Crippen molar-refractivity contribution in [3.05, 3.63) is 24.3 Å². The van der Waals surface area contributed by atoms with Crippen molar-refractivity contribution in [2.75, 3.05) is 11.1 Å². The average molecular weight is 218 g/mol. The number of hydrogen-bond acceptors (Lipinski definition) is 2. The van der Waals surface area contributed by atoms with Crippen LogP contribution < -0.4 is 11.1 Å². The molecule has 0 bridgehead atoms. The fourth-order valence-electron chi connectivity index (χ4n) is 2.36. The third kappa shape index (κ3) is 2.91. The number of nitrogens with one attached hydrogen (secondary N) is 1. The summed E-state index contributed by atoms with van der Waals surface area (Å²) in [5.41, 5.74) is 8.23. The molecule has 2 nitrogen and oxygen atoms in total. The van der Waals surface area contributed by atoms with Crippen molar-refractivity contribution >= 4 is 11.4 Å². The lowest BCUT2D eigenvalue weighted by atomic mass is 9.75. The third-order valence-electron chi connectivity index (χ3n) is 3.62. The molecule has 0 aromatic heterocycles. The SMILES string of the molecule is CC1(C)CCC(Nc2ccc(N)cc2)CC1. The zero-order chi connectivity index (χ0) is 11.6. The first kappa shape index (κ1) is 11.3. The van der Waals surface area contributed by atoms with E-state index in [0.717, 1.165) is 5.69 Å². The van der Waals surface area contributed by atoms with Crippen LogP contribution in [0.1, 0.15) is 39.5 Å². The van der Waals surface area contributed by atoms with Crippen LogP contribution in [0.15, 0.2) is 24.3 Å². The van der Waals surface area contributed by atoms with Gasteiger partial charge in [0.1, 0.15) is 0 Å². The summed E-state index contributed by atoms with van der Waals surface area (Å²) in [7, 11) is 0. The Balaban J connectivity index is 1.89. The van der Waals surface area contributed by atoms with Gasteiger partial charge < -0.3 is 11.1 Å². The molecule has 1 aromatic rings. The van der Waals surface area contributed by atoms with Crippen LogP contribution >= 0.6 is 0 Å². The Morgan fingerprint density at radius 2 is 1.69 bits per heavy atom. The van der Waals surface area contributed by atoms with E-state index >= 15 is 0 Å². The van der Waals surface area contributed by atoms with E-state index in [2.05, 4.69) is 31.3 Å². The molecule has 0 saturated heterocycles. The van der Waals surface area contributed by atoms with Crippen molar-refractivity contribution in [1.29, 1.82) is 0 Å². The number of nitrogens with two attached hydrogens (primary N) is 1. The summed E-state index contributed by atoms with van der Waals surface area (Å²) in [5, 5.41) is 3.59. The molecule has 0 atom stereocenters. The highest BCUT2D eigenvalue weighted by molar-refractivity contribution is 5.51. The molecule has 2 heteroatoms. The molecule has 0 spiro atoms. The Morgan fingerprint density at radius 1 is 1.12 bits per heavy atom. The molecule has 0 radical (unpaired) electrons. The van der Waals surface area contributed by atoms with Crippen LogP contribution in [0, 0.1) is 5.41 Å². The number of anilines is 2. The molecular weight excluding hydrogens is 196 g/mol. The van der Waals surface area contributed by atoms with Crippen molar-refractivity contribution in [2.45, 2.75) is 45.6 Å². The second kappa shape index (κ2) is 4.36. The second-order valence-electron chi connectivity index (χ2n) is 5.70. The first-order valence-corrected chi connectivity index (χ1v) is 6.17. The van der Waals surface area contributed by atoms with Gasteiger partial charge in [0.05, 0.1) is 0 Å². The van der Waals surface area contributed by atoms with Crippen LogP contribution in [0.4, 0.5) is 11.4 Å². The van der Waals surface area contributed by atoms with E-state index in [4.69, 9.17) is 5.73 Å². The molecule has 1 fully saturated rings. The molecule has 2 rings (SSSR count). The maximum Gasteiger partial charge on any atom is 0.0343 e. The standard InChI is InChI=1S/C14H22N2/c1-14(2)9-7-13(8-10-14)16-12-5-3-11(15)4-6-12/h3-6,13,16H,7-10,15H2,1-2H3. The molecule has 3 N–H and O–H groups in total. The lowest BCUT2D eigenvalue weighted by Crippen LogP contribution is -2.29. The number of nitrogen functional groups attached to an aromatic ring is 1. The highest BCUT2D eigenvalue weighted by Crippen LogP contribution is 2.36. The van der Waals surface area contributed by atoms with Crippen molar-refractivity contribution in [2.24, 2.45) is 5.41 Å². The highest BCUT2D eigenvalue weighted by atomic mass is 14.9. The van der Waals surface area contributed by atoms with Gasteiger partial charge in [-0.25, -0.2) is 0 Å². The predicted molar refractivity (Wildman–Crippen MR) is 70.5 cm³/mol. The summed E-state index contributed by atoms with van der Waals surface area (Å²) in [4.78, 5) is 0. The molecule has 1 saturated carbocycles. The maximum atomic E-state index is 5.67. The molecule has 0 unspecified atom stereocenters. The molecule has 1 aliphatic carbocycles. The van der Waals surface area contributed by atoms with Gasteiger partial charge in [0.15, 0.2) is 0 Å². The van der Waals surface area contributed by atoms with E-state index in [1.54, 1.807) is 0 Å². The van der Waals surface area contributed by atoms with Crippen LogP contribution in [0.3, 0.4) is 0 Å². The van der Waals surface area contributed by atoms with E-state index in [0.29, 0.717) is 11.5 Å². The monoisotopic (exact) mass is 218 g/mol. The first-order valence-electron chi connectivity index (χ1n) is 6.17. The van der Waals surface area contributed by atoms with Crippen LogP contribution in [0.2, 0.25) is 0 Å². The van der Waals surface area contributed by atoms with Gasteiger partial charge in [-0.05, 0) is 55.4 Å². The summed E-state index contributed by atoms with van der Waals surface area (Å²) < 4.78 is 0. The van der Waals surface area contributed by atoms with Gasteiger partial charge in [-0.2, -0.15) is 0 Å². The largest absolute Gasteiger partial charge is 0.399 e. The summed E-state index contributed by atoms with van der Waals surface area (Å²) in [5.74, 6) is 0. The lowest BCUT2D eigenvalue weighted by molar-refractivity contribution is 0.232. The summed E-state index contributed by atoms with van der Waals surface area (Å²) in [6.45, 7) is 4.73. The second-order valence-corrected chi connectivity index (χ2v) is 5.70. The van der Waals surface area contributed by atoms with E-state index in [1.165, 1.54) is 31.4 Å². The quantitative estimate of drug-likeness (QED) is 0.744. The minimum atomic E-state index is 0.541. The molecule has 0 amide bonds. The molecule has 88 valence electrons. The normalized spacial score (nSPS) is 20.6. The average Bonchev–Trinajstić information content (AvgIpc) is 2.24. The Labute approximate surface area is 98.2 Å². The van der Waals surface area contributed by atoms with E-state index in [9.17, 15) is 0 Å². The fraction of sp³-hybridized carbons (Fsp3) is 0.571. The molecule has 0 heterocycles. The Bertz CT molecular complexity index is 330. The minimum absolute atomic E-state index is 0.541. The lowest BCUT2D eigenvalue weighted by Gasteiger charge is -2.35. The van der Waals surface area contributed by atoms with Gasteiger partial charge in [-0.3, -0.25) is 0 Å². The van der Waals surface area contributed by atoms with Gasteiger partial charge in [0.25, 0.3) is 0 Å². The van der Waals surface area contributed by atoms with Gasteiger partial charge in [-0.1, -0.05) is 13.8 Å². The molecule has 16 heavy (non-hydrogen) atoms. The predicted octanol–water partition coefficient (Wildman–Crippen LogP) is 3.65. The molecule has 1 aromatic carbocycles. The number of benzene rings is 1. The summed E-state index contributed by atoms with van der Waals surface area (Å²) in [6, 6.07) is 8.67. The zero-order valence-corrected chi connectivity index (χ0v) is 10.3. The van der Waals surface area contributed by atoms with Gasteiger partial charge in [-0.15, -0.1) is 0 Å². The smallest absolute Gasteiger partial charge is 0.0343 e. The topological polar surface area (TPSA) is 38.0 Å². The van der Waals surface area contributed by atoms with Gasteiger partial charge in [0.2, 0.25) is 0 Å². The van der Waals surface area contributed by atoms with Crippen molar-refractivity contribution in [1.82, 2.24) is 0 Å². The van der Waals surface area contributed by atoms with Crippen LogP contribution in [-0.2, 0) is 0 Å². The molecule has 1 aliphatic rings. The number of hydrogen-bond donors (Lipinski definition) is 2. The van der Waals surface area contributed by atoms with Crippen molar-refractivity contribution < 1.29 is 0 Å². The van der Waals surface area contributed by atoms with Crippen LogP contribution in [-0.4, -0.2) is 6.04 Å². The van der Waals surface area contributed by atoms with Crippen LogP contribution in [0.25, 0.3) is 0 Å². The van der Waals surface area contributed by atoms with Gasteiger partial charge >= 0.3 is 0 Å². The van der Waals surface area contributed by atoms with E-state index in [1.807, 2.05) is 12.1 Å². The van der Waals surface area contributed by atoms with E-state index < -0.39 is 0 Å². The molecular formula is C14H22N2. The minimum Gasteiger partial charge on any atom is -0.399 e. The highest BCUT2D eigenvalue weighted by Gasteiger charge is 2.26. The Hall–Kier alpha value is -1.18. The van der Waals surface area contributed by atoms with Gasteiger partial charge in [0, 0.05) is 17.4 Å². The third-order valence-corrected chi connectivity index (χ3v) is 3.62. The summed E-state index contributed by atoms with van der Waals surface area (Å²) >= 11 is 0. The van der Waals surface area contributed by atoms with Crippen LogP contribution in [0.5, 0.6) is 0 Å².